The Morgan fingerprint density at radius 1 is 1.48 bits per heavy atom. The maximum absolute atomic E-state index is 12.2. The standard InChI is InChI=1S/C15H17ClN2O2S/c1-4-20-14(19)13-9(2)17-15(21)18(10(13)3)12-8-6-5-7-11(12)16/h5-9H,4H2,1-3H3,(H,17,21)/t9-/m0/s1. The first-order chi connectivity index (χ1) is 9.97. The van der Waals surface area contributed by atoms with Crippen LogP contribution < -0.4 is 10.2 Å². The van der Waals surface area contributed by atoms with E-state index in [0.29, 0.717) is 22.3 Å². The second kappa shape index (κ2) is 6.45. The smallest absolute Gasteiger partial charge is 0.337 e. The number of halogens is 1. The predicted molar refractivity (Wildman–Crippen MR) is 88.5 cm³/mol. The zero-order valence-electron chi connectivity index (χ0n) is 12.1. The minimum absolute atomic E-state index is 0.199. The maximum Gasteiger partial charge on any atom is 0.337 e. The number of para-hydroxylation sites is 1. The van der Waals surface area contributed by atoms with E-state index in [9.17, 15) is 4.79 Å². The molecule has 2 rings (SSSR count). The topological polar surface area (TPSA) is 41.6 Å². The van der Waals surface area contributed by atoms with E-state index in [1.54, 1.807) is 17.9 Å². The Balaban J connectivity index is 2.52. The van der Waals surface area contributed by atoms with Crippen LogP contribution in [0.4, 0.5) is 5.69 Å². The summed E-state index contributed by atoms with van der Waals surface area (Å²) in [5, 5.41) is 4.20. The number of carbonyl (C=O) groups is 1. The van der Waals surface area contributed by atoms with Crippen LogP contribution in [0.1, 0.15) is 20.8 Å². The average molecular weight is 325 g/mol. The summed E-state index contributed by atoms with van der Waals surface area (Å²) < 4.78 is 5.13. The first kappa shape index (κ1) is 15.8. The Hall–Kier alpha value is -1.59. The quantitative estimate of drug-likeness (QED) is 0.683. The van der Waals surface area contributed by atoms with Crippen molar-refractivity contribution in [3.63, 3.8) is 0 Å². The molecule has 0 radical (unpaired) electrons. The van der Waals surface area contributed by atoms with Crippen molar-refractivity contribution in [2.45, 2.75) is 26.8 Å². The van der Waals surface area contributed by atoms with Crippen molar-refractivity contribution in [3.8, 4) is 0 Å². The van der Waals surface area contributed by atoms with Crippen molar-refractivity contribution >= 4 is 40.6 Å². The van der Waals surface area contributed by atoms with Gasteiger partial charge in [0.05, 0.1) is 28.9 Å². The Morgan fingerprint density at radius 3 is 2.76 bits per heavy atom. The Kier molecular flexibility index (Phi) is 4.85. The lowest BCUT2D eigenvalue weighted by atomic mass is 10.0. The third kappa shape index (κ3) is 3.04. The van der Waals surface area contributed by atoms with E-state index in [1.807, 2.05) is 32.0 Å². The Labute approximate surface area is 134 Å². The Bertz CT molecular complexity index is 615. The minimum Gasteiger partial charge on any atom is -0.463 e. The van der Waals surface area contributed by atoms with Crippen molar-refractivity contribution < 1.29 is 9.53 Å². The molecule has 1 aromatic carbocycles. The van der Waals surface area contributed by atoms with E-state index < -0.39 is 0 Å². The first-order valence-electron chi connectivity index (χ1n) is 6.70. The molecule has 1 aliphatic rings. The zero-order valence-corrected chi connectivity index (χ0v) is 13.7. The Morgan fingerprint density at radius 2 is 2.14 bits per heavy atom. The van der Waals surface area contributed by atoms with E-state index in [-0.39, 0.29) is 12.0 Å². The second-order valence-electron chi connectivity index (χ2n) is 4.68. The minimum atomic E-state index is -0.338. The van der Waals surface area contributed by atoms with Crippen LogP contribution in [0.5, 0.6) is 0 Å². The van der Waals surface area contributed by atoms with Gasteiger partial charge in [-0.1, -0.05) is 23.7 Å². The molecule has 0 bridgehead atoms. The molecule has 0 aliphatic carbocycles. The summed E-state index contributed by atoms with van der Waals surface area (Å²) in [5.41, 5.74) is 2.03. The number of ether oxygens (including phenoxy) is 1. The molecule has 0 spiro atoms. The predicted octanol–water partition coefficient (Wildman–Crippen LogP) is 3.26. The molecule has 112 valence electrons. The fourth-order valence-electron chi connectivity index (χ4n) is 2.36. The van der Waals surface area contributed by atoms with Crippen LogP contribution in [0.25, 0.3) is 0 Å². The zero-order chi connectivity index (χ0) is 15.6. The largest absolute Gasteiger partial charge is 0.463 e. The van der Waals surface area contributed by atoms with Crippen LogP contribution >= 0.6 is 23.8 Å². The van der Waals surface area contributed by atoms with Crippen molar-refractivity contribution in [3.05, 3.63) is 40.6 Å². The van der Waals surface area contributed by atoms with E-state index in [0.717, 1.165) is 11.4 Å². The molecule has 0 saturated heterocycles. The van der Waals surface area contributed by atoms with Gasteiger partial charge in [0.2, 0.25) is 0 Å². The van der Waals surface area contributed by atoms with Crippen LogP contribution in [0.3, 0.4) is 0 Å². The highest BCUT2D eigenvalue weighted by Crippen LogP contribution is 2.32. The molecule has 1 atom stereocenters. The van der Waals surface area contributed by atoms with Gasteiger partial charge in [-0.25, -0.2) is 4.79 Å². The molecular weight excluding hydrogens is 308 g/mol. The molecule has 0 aromatic heterocycles. The number of allylic oxidation sites excluding steroid dienone is 1. The first-order valence-corrected chi connectivity index (χ1v) is 7.49. The van der Waals surface area contributed by atoms with Crippen molar-refractivity contribution in [2.24, 2.45) is 0 Å². The summed E-state index contributed by atoms with van der Waals surface area (Å²) in [7, 11) is 0. The van der Waals surface area contributed by atoms with Gasteiger partial charge >= 0.3 is 5.97 Å². The number of esters is 1. The van der Waals surface area contributed by atoms with E-state index in [4.69, 9.17) is 28.6 Å². The average Bonchev–Trinajstić information content (AvgIpc) is 2.40. The fourth-order valence-corrected chi connectivity index (χ4v) is 3.00. The highest BCUT2D eigenvalue weighted by molar-refractivity contribution is 7.80. The molecule has 1 heterocycles. The van der Waals surface area contributed by atoms with Gasteiger partial charge in [0.1, 0.15) is 0 Å². The number of hydrogen-bond donors (Lipinski definition) is 1. The molecule has 4 nitrogen and oxygen atoms in total. The van der Waals surface area contributed by atoms with E-state index in [1.165, 1.54) is 0 Å². The lowest BCUT2D eigenvalue weighted by Crippen LogP contribution is -2.51. The van der Waals surface area contributed by atoms with E-state index in [2.05, 4.69) is 5.32 Å². The third-order valence-electron chi connectivity index (χ3n) is 3.29. The summed E-state index contributed by atoms with van der Waals surface area (Å²) in [5.74, 6) is -0.338. The summed E-state index contributed by atoms with van der Waals surface area (Å²) in [6.45, 7) is 5.84. The van der Waals surface area contributed by atoms with E-state index >= 15 is 0 Å². The van der Waals surface area contributed by atoms with Gasteiger partial charge in [0.15, 0.2) is 5.11 Å². The van der Waals surface area contributed by atoms with Crippen LogP contribution in [0, 0.1) is 0 Å². The molecule has 1 aliphatic heterocycles. The monoisotopic (exact) mass is 324 g/mol. The second-order valence-corrected chi connectivity index (χ2v) is 5.47. The van der Waals surface area contributed by atoms with Crippen LogP contribution in [-0.2, 0) is 9.53 Å². The summed E-state index contributed by atoms with van der Waals surface area (Å²) >= 11 is 11.6. The number of benzene rings is 1. The molecule has 1 N–H and O–H groups in total. The lowest BCUT2D eigenvalue weighted by Gasteiger charge is -2.36. The molecule has 0 amide bonds. The van der Waals surface area contributed by atoms with Crippen LogP contribution in [0.15, 0.2) is 35.5 Å². The number of carbonyl (C=O) groups excluding carboxylic acids is 1. The number of nitrogens with zero attached hydrogens (tertiary/aromatic N) is 1. The molecular formula is C15H17ClN2O2S. The van der Waals surface area contributed by atoms with Gasteiger partial charge in [-0.05, 0) is 45.1 Å². The highest BCUT2D eigenvalue weighted by atomic mass is 35.5. The maximum atomic E-state index is 12.2. The number of thiocarbonyl (C=S) groups is 1. The van der Waals surface area contributed by atoms with Crippen LogP contribution in [0.2, 0.25) is 5.02 Å². The normalized spacial score (nSPS) is 18.6. The number of anilines is 1. The molecule has 6 heteroatoms. The van der Waals surface area contributed by atoms with Crippen molar-refractivity contribution in [2.75, 3.05) is 11.5 Å². The van der Waals surface area contributed by atoms with Gasteiger partial charge in [0.25, 0.3) is 0 Å². The molecule has 0 unspecified atom stereocenters. The van der Waals surface area contributed by atoms with Crippen molar-refractivity contribution in [1.82, 2.24) is 5.32 Å². The van der Waals surface area contributed by atoms with Crippen molar-refractivity contribution in [1.29, 1.82) is 0 Å². The van der Waals surface area contributed by atoms with Gasteiger partial charge in [-0.3, -0.25) is 4.90 Å². The lowest BCUT2D eigenvalue weighted by molar-refractivity contribution is -0.138. The van der Waals surface area contributed by atoms with Gasteiger partial charge in [-0.15, -0.1) is 0 Å². The summed E-state index contributed by atoms with van der Waals surface area (Å²) in [6.07, 6.45) is 0. The number of rotatable bonds is 3. The fraction of sp³-hybridized carbons (Fsp3) is 0.333. The SMILES string of the molecule is CCOC(=O)C1=C(C)N(c2ccccc2Cl)C(=S)N[C@H]1C. The van der Waals surface area contributed by atoms with Gasteiger partial charge in [0, 0.05) is 5.70 Å². The van der Waals surface area contributed by atoms with Gasteiger partial charge in [-0.2, -0.15) is 0 Å². The third-order valence-corrected chi connectivity index (χ3v) is 3.91. The van der Waals surface area contributed by atoms with Crippen LogP contribution in [-0.4, -0.2) is 23.7 Å². The number of hydrogen-bond acceptors (Lipinski definition) is 3. The molecule has 1 aromatic rings. The molecule has 21 heavy (non-hydrogen) atoms. The molecule has 0 saturated carbocycles. The molecule has 0 fully saturated rings. The van der Waals surface area contributed by atoms with Gasteiger partial charge < -0.3 is 10.1 Å². The highest BCUT2D eigenvalue weighted by Gasteiger charge is 2.32. The summed E-state index contributed by atoms with van der Waals surface area (Å²) in [6, 6.07) is 7.17. The number of nitrogens with one attached hydrogen (secondary N) is 1. The summed E-state index contributed by atoms with van der Waals surface area (Å²) in [4.78, 5) is 13.9.